The van der Waals surface area contributed by atoms with Crippen molar-refractivity contribution in [1.82, 2.24) is 0 Å². The van der Waals surface area contributed by atoms with Crippen molar-refractivity contribution in [3.05, 3.63) is 0 Å². The number of ether oxygens (including phenoxy) is 5. The van der Waals surface area contributed by atoms with Crippen LogP contribution in [-0.4, -0.2) is 80.4 Å². The van der Waals surface area contributed by atoms with Crippen molar-refractivity contribution < 1.29 is 33.9 Å². The molecule has 0 unspecified atom stereocenters. The van der Waals surface area contributed by atoms with Gasteiger partial charge in [0.15, 0.2) is 0 Å². The average Bonchev–Trinajstić information content (AvgIpc) is 3.56. The van der Waals surface area contributed by atoms with Crippen LogP contribution < -0.4 is 0 Å². The van der Waals surface area contributed by atoms with E-state index < -0.39 is 22.4 Å². The van der Waals surface area contributed by atoms with Crippen LogP contribution in [-0.2, 0) is 23.7 Å². The predicted molar refractivity (Wildman–Crippen MR) is 141 cm³/mol. The first-order valence-corrected chi connectivity index (χ1v) is 14.8. The molecule has 0 aromatic rings. The van der Waals surface area contributed by atoms with E-state index in [0.717, 1.165) is 57.8 Å². The van der Waals surface area contributed by atoms with Gasteiger partial charge in [-0.3, -0.25) is 0 Å². The molecule has 5 heterocycles. The molecule has 0 amide bonds. The summed E-state index contributed by atoms with van der Waals surface area (Å²) in [6.45, 7) is 16.2. The van der Waals surface area contributed by atoms with E-state index in [9.17, 15) is 10.2 Å². The summed E-state index contributed by atoms with van der Waals surface area (Å²) in [5.74, 6) is 0. The Bertz CT molecular complexity index is 851. The fourth-order valence-electron chi connectivity index (χ4n) is 7.77. The molecule has 0 aliphatic carbocycles. The molecule has 5 fully saturated rings. The summed E-state index contributed by atoms with van der Waals surface area (Å²) in [6, 6.07) is 0. The number of hydrogen-bond donors (Lipinski definition) is 2. The number of aliphatic hydroxyl groups is 2. The van der Waals surface area contributed by atoms with E-state index in [1.54, 1.807) is 0 Å². The van der Waals surface area contributed by atoms with Gasteiger partial charge in [-0.05, 0) is 120 Å². The Kier molecular flexibility index (Phi) is 6.96. The van der Waals surface area contributed by atoms with Gasteiger partial charge in [0.1, 0.15) is 0 Å². The van der Waals surface area contributed by atoms with Crippen molar-refractivity contribution in [3.8, 4) is 0 Å². The van der Waals surface area contributed by atoms with Gasteiger partial charge in [-0.25, -0.2) is 0 Å². The first kappa shape index (κ1) is 28.3. The zero-order chi connectivity index (χ0) is 27.1. The Morgan fingerprint density at radius 2 is 1.24 bits per heavy atom. The van der Waals surface area contributed by atoms with Crippen LogP contribution in [0.4, 0.5) is 0 Å². The normalized spacial score (nSPS) is 49.5. The Balaban J connectivity index is 1.17. The standard InChI is InChI=1S/C30H52O7/c1-25(2,31)19-12-16-30(8,35-19)24-14-18-28(6,37-24)22-10-9-21(33-22)27(5,32)15-11-23-29(7)17-13-20(36-29)26(3,4)34-23/h19-24,31-32H,9-18H2,1-8H3/t19-,20+,21+,22-,23+,24+,27-,28+,29-,30-/m0/s1. The Hall–Kier alpha value is -0.280. The number of rotatable bonds is 7. The third kappa shape index (κ3) is 5.16. The second-order valence-corrected chi connectivity index (χ2v) is 14.8. The van der Waals surface area contributed by atoms with Crippen molar-refractivity contribution in [2.24, 2.45) is 0 Å². The van der Waals surface area contributed by atoms with E-state index in [1.807, 2.05) is 20.8 Å². The summed E-state index contributed by atoms with van der Waals surface area (Å²) in [5, 5.41) is 22.0. The van der Waals surface area contributed by atoms with Crippen molar-refractivity contribution in [2.45, 2.75) is 190 Å². The van der Waals surface area contributed by atoms with E-state index in [4.69, 9.17) is 23.7 Å². The number of hydrogen-bond acceptors (Lipinski definition) is 7. The fourth-order valence-corrected chi connectivity index (χ4v) is 7.77. The lowest BCUT2D eigenvalue weighted by Crippen LogP contribution is -2.56. The van der Waals surface area contributed by atoms with Crippen LogP contribution in [0.5, 0.6) is 0 Å². The van der Waals surface area contributed by atoms with Crippen molar-refractivity contribution in [2.75, 3.05) is 0 Å². The molecule has 7 heteroatoms. The zero-order valence-corrected chi connectivity index (χ0v) is 24.5. The molecule has 0 spiro atoms. The van der Waals surface area contributed by atoms with Crippen LogP contribution in [0.2, 0.25) is 0 Å². The van der Waals surface area contributed by atoms with Gasteiger partial charge in [-0.2, -0.15) is 0 Å². The maximum atomic E-state index is 11.5. The van der Waals surface area contributed by atoms with Crippen molar-refractivity contribution >= 4 is 0 Å². The minimum atomic E-state index is -0.942. The smallest absolute Gasteiger partial charge is 0.0921 e. The predicted octanol–water partition coefficient (Wildman–Crippen LogP) is 4.83. The molecule has 7 nitrogen and oxygen atoms in total. The van der Waals surface area contributed by atoms with E-state index in [2.05, 4.69) is 34.6 Å². The zero-order valence-electron chi connectivity index (χ0n) is 24.5. The maximum Gasteiger partial charge on any atom is 0.0921 e. The molecule has 0 aromatic carbocycles. The van der Waals surface area contributed by atoms with Gasteiger partial charge in [0.05, 0.1) is 70.2 Å². The van der Waals surface area contributed by atoms with Gasteiger partial charge in [0.2, 0.25) is 0 Å². The summed E-state index contributed by atoms with van der Waals surface area (Å²) in [4.78, 5) is 0. The molecule has 37 heavy (non-hydrogen) atoms. The molecule has 2 bridgehead atoms. The van der Waals surface area contributed by atoms with Gasteiger partial charge < -0.3 is 33.9 Å². The van der Waals surface area contributed by atoms with Crippen LogP contribution >= 0.6 is 0 Å². The van der Waals surface area contributed by atoms with Crippen molar-refractivity contribution in [1.29, 1.82) is 0 Å². The summed E-state index contributed by atoms with van der Waals surface area (Å²) >= 11 is 0. The molecular formula is C30H52O7. The lowest BCUT2D eigenvalue weighted by atomic mass is 9.85. The first-order valence-electron chi connectivity index (χ1n) is 14.8. The Morgan fingerprint density at radius 3 is 1.92 bits per heavy atom. The number of fused-ring (bicyclic) bond motifs is 2. The quantitative estimate of drug-likeness (QED) is 0.493. The largest absolute Gasteiger partial charge is 0.388 e. The van der Waals surface area contributed by atoms with Crippen LogP contribution in [0.1, 0.15) is 120 Å². The molecule has 214 valence electrons. The highest BCUT2D eigenvalue weighted by atomic mass is 16.6. The van der Waals surface area contributed by atoms with Gasteiger partial charge in [0, 0.05) is 0 Å². The molecule has 5 aliphatic heterocycles. The highest BCUT2D eigenvalue weighted by Gasteiger charge is 2.57. The van der Waals surface area contributed by atoms with E-state index in [0.29, 0.717) is 6.42 Å². The van der Waals surface area contributed by atoms with Gasteiger partial charge in [-0.15, -0.1) is 0 Å². The highest BCUT2D eigenvalue weighted by Crippen LogP contribution is 2.50. The monoisotopic (exact) mass is 524 g/mol. The molecule has 5 rings (SSSR count). The van der Waals surface area contributed by atoms with Gasteiger partial charge >= 0.3 is 0 Å². The minimum absolute atomic E-state index is 0.0178. The summed E-state index contributed by atoms with van der Waals surface area (Å²) in [7, 11) is 0. The SMILES string of the molecule is CC(C)(O)[C@@H]1CC[C@@](C)([C@H]2CC[C@](C)([C@@H]3CC[C@H]([C@@](C)(O)CC[C@H]4OC(C)(C)[C@H]5CC[C@]4(C)O5)O3)O2)O1. The minimum Gasteiger partial charge on any atom is -0.388 e. The topological polar surface area (TPSA) is 86.6 Å². The van der Waals surface area contributed by atoms with E-state index in [1.165, 1.54) is 0 Å². The van der Waals surface area contributed by atoms with Crippen LogP contribution in [0.15, 0.2) is 0 Å². The van der Waals surface area contributed by atoms with Crippen LogP contribution in [0.25, 0.3) is 0 Å². The maximum absolute atomic E-state index is 11.5. The summed E-state index contributed by atoms with van der Waals surface area (Å²) in [5.41, 5.74) is -3.14. The molecule has 5 aliphatic rings. The second kappa shape index (κ2) is 9.12. The van der Waals surface area contributed by atoms with Crippen LogP contribution in [0, 0.1) is 0 Å². The van der Waals surface area contributed by atoms with Crippen LogP contribution in [0.3, 0.4) is 0 Å². The molecule has 0 radical (unpaired) electrons. The van der Waals surface area contributed by atoms with Crippen molar-refractivity contribution in [3.63, 3.8) is 0 Å². The Morgan fingerprint density at radius 1 is 0.649 bits per heavy atom. The second-order valence-electron chi connectivity index (χ2n) is 14.8. The molecule has 2 N–H and O–H groups in total. The molecule has 0 saturated carbocycles. The highest BCUT2D eigenvalue weighted by molar-refractivity contribution is 5.06. The third-order valence-corrected chi connectivity index (χ3v) is 10.6. The van der Waals surface area contributed by atoms with E-state index >= 15 is 0 Å². The van der Waals surface area contributed by atoms with Gasteiger partial charge in [0.25, 0.3) is 0 Å². The average molecular weight is 525 g/mol. The van der Waals surface area contributed by atoms with Gasteiger partial charge in [-0.1, -0.05) is 0 Å². The molecule has 10 atom stereocenters. The fraction of sp³-hybridized carbons (Fsp3) is 1.00. The summed E-state index contributed by atoms with van der Waals surface area (Å²) in [6.07, 6.45) is 8.31. The lowest BCUT2D eigenvalue weighted by Gasteiger charge is -2.47. The summed E-state index contributed by atoms with van der Waals surface area (Å²) < 4.78 is 32.6. The molecule has 5 saturated heterocycles. The lowest BCUT2D eigenvalue weighted by molar-refractivity contribution is -0.269. The third-order valence-electron chi connectivity index (χ3n) is 10.6. The first-order chi connectivity index (χ1) is 17.0. The molecular weight excluding hydrogens is 472 g/mol. The molecule has 0 aromatic heterocycles. The Labute approximate surface area is 223 Å². The van der Waals surface area contributed by atoms with E-state index in [-0.39, 0.29) is 47.8 Å².